The molecule has 3 fully saturated rings. The first-order valence-corrected chi connectivity index (χ1v) is 12.2. The molecule has 0 aromatic rings. The standard InChI is InChI=1S/C26H38O5/c1-15(5-10-23(29)30)20-8-9-21-19-7-6-17-13-18(28)11-12-25(17,3)24(19)22(31-16(2)27)14-26(20,21)4/h13,15,19-22,24H,5-12,14H2,1-4H3,(H,29,30)/t15-,19?,20-,21?,22?,24?,25+,26-/m1/s1. The predicted octanol–water partition coefficient (Wildman–Crippen LogP) is 5.18. The Morgan fingerprint density at radius 1 is 1.23 bits per heavy atom. The van der Waals surface area contributed by atoms with Crippen molar-refractivity contribution in [2.75, 3.05) is 0 Å². The Kier molecular flexibility index (Phi) is 5.85. The van der Waals surface area contributed by atoms with Crippen LogP contribution in [-0.4, -0.2) is 28.9 Å². The van der Waals surface area contributed by atoms with Gasteiger partial charge in [-0.05, 0) is 85.5 Å². The van der Waals surface area contributed by atoms with E-state index in [4.69, 9.17) is 9.84 Å². The van der Waals surface area contributed by atoms with Crippen LogP contribution in [0.5, 0.6) is 0 Å². The van der Waals surface area contributed by atoms with Gasteiger partial charge >= 0.3 is 11.9 Å². The zero-order chi connectivity index (χ0) is 22.6. The number of allylic oxidation sites excluding steroid dienone is 1. The van der Waals surface area contributed by atoms with Crippen molar-refractivity contribution >= 4 is 17.7 Å². The Balaban J connectivity index is 1.67. The molecule has 0 saturated heterocycles. The minimum atomic E-state index is -0.723. The fourth-order valence-electron chi connectivity index (χ4n) is 8.50. The maximum Gasteiger partial charge on any atom is 0.303 e. The van der Waals surface area contributed by atoms with E-state index in [1.807, 2.05) is 6.08 Å². The molecular weight excluding hydrogens is 392 g/mol. The largest absolute Gasteiger partial charge is 0.481 e. The fraction of sp³-hybridized carbons (Fsp3) is 0.808. The molecule has 0 amide bonds. The monoisotopic (exact) mass is 430 g/mol. The number of carbonyl (C=O) groups is 3. The summed E-state index contributed by atoms with van der Waals surface area (Å²) in [4.78, 5) is 35.4. The zero-order valence-corrected chi connectivity index (χ0v) is 19.5. The second-order valence-electron chi connectivity index (χ2n) is 11.3. The normalized spacial score (nSPS) is 42.6. The van der Waals surface area contributed by atoms with Crippen molar-refractivity contribution in [3.8, 4) is 0 Å². The van der Waals surface area contributed by atoms with Crippen molar-refractivity contribution in [1.82, 2.24) is 0 Å². The number of aliphatic carboxylic acids is 1. The van der Waals surface area contributed by atoms with Crippen molar-refractivity contribution in [1.29, 1.82) is 0 Å². The number of carboxylic acids is 1. The van der Waals surface area contributed by atoms with Gasteiger partial charge in [-0.3, -0.25) is 14.4 Å². The number of carboxylic acid groups (broad SMARTS) is 1. The first kappa shape index (κ1) is 22.5. The Morgan fingerprint density at radius 2 is 1.97 bits per heavy atom. The van der Waals surface area contributed by atoms with Gasteiger partial charge in [-0.25, -0.2) is 0 Å². The second-order valence-corrected chi connectivity index (χ2v) is 11.3. The summed E-state index contributed by atoms with van der Waals surface area (Å²) in [6, 6.07) is 0. The number of carbonyl (C=O) groups excluding carboxylic acids is 2. The van der Waals surface area contributed by atoms with E-state index in [9.17, 15) is 14.4 Å². The topological polar surface area (TPSA) is 80.7 Å². The van der Waals surface area contributed by atoms with Crippen LogP contribution in [0.1, 0.15) is 85.5 Å². The van der Waals surface area contributed by atoms with Crippen molar-refractivity contribution in [2.45, 2.75) is 91.6 Å². The summed E-state index contributed by atoms with van der Waals surface area (Å²) in [6.07, 6.45) is 9.36. The molecule has 31 heavy (non-hydrogen) atoms. The first-order chi connectivity index (χ1) is 14.6. The van der Waals surface area contributed by atoms with Crippen molar-refractivity contribution in [3.05, 3.63) is 11.6 Å². The van der Waals surface area contributed by atoms with Gasteiger partial charge in [0, 0.05) is 25.7 Å². The van der Waals surface area contributed by atoms with Gasteiger partial charge in [0.15, 0.2) is 5.78 Å². The van der Waals surface area contributed by atoms with Gasteiger partial charge in [0.2, 0.25) is 0 Å². The first-order valence-electron chi connectivity index (χ1n) is 12.2. The Morgan fingerprint density at radius 3 is 2.65 bits per heavy atom. The van der Waals surface area contributed by atoms with E-state index in [2.05, 4.69) is 20.8 Å². The Bertz CT molecular complexity index is 800. The van der Waals surface area contributed by atoms with Crippen LogP contribution < -0.4 is 0 Å². The molecule has 0 bridgehead atoms. The smallest absolute Gasteiger partial charge is 0.303 e. The van der Waals surface area contributed by atoms with E-state index >= 15 is 0 Å². The van der Waals surface area contributed by atoms with Gasteiger partial charge in [0.25, 0.3) is 0 Å². The van der Waals surface area contributed by atoms with Crippen LogP contribution in [0.15, 0.2) is 11.6 Å². The highest BCUT2D eigenvalue weighted by Gasteiger charge is 2.63. The zero-order valence-electron chi connectivity index (χ0n) is 19.5. The SMILES string of the molecule is CC(=O)OC1C[C@@]2(C)C(CC[C@@H]2[C@H](C)CCC(=O)O)C2CCC3=CC(=O)CC[C@]3(C)C12. The molecule has 4 unspecified atom stereocenters. The Labute approximate surface area is 186 Å². The average Bonchev–Trinajstić information content (AvgIpc) is 3.02. The van der Waals surface area contributed by atoms with Crippen LogP contribution in [0.2, 0.25) is 0 Å². The van der Waals surface area contributed by atoms with Gasteiger partial charge in [0.1, 0.15) is 6.10 Å². The number of hydrogen-bond acceptors (Lipinski definition) is 4. The quantitative estimate of drug-likeness (QED) is 0.608. The molecule has 0 aliphatic heterocycles. The Hall–Kier alpha value is -1.65. The summed E-state index contributed by atoms with van der Waals surface area (Å²) in [5, 5.41) is 9.17. The van der Waals surface area contributed by atoms with Gasteiger partial charge in [-0.1, -0.05) is 26.3 Å². The molecule has 4 aliphatic carbocycles. The number of ketones is 1. The van der Waals surface area contributed by atoms with Gasteiger partial charge in [0.05, 0.1) is 0 Å². The highest BCUT2D eigenvalue weighted by atomic mass is 16.5. The summed E-state index contributed by atoms with van der Waals surface area (Å²) >= 11 is 0. The second kappa shape index (κ2) is 8.04. The summed E-state index contributed by atoms with van der Waals surface area (Å²) in [6.45, 7) is 8.42. The molecule has 5 nitrogen and oxygen atoms in total. The van der Waals surface area contributed by atoms with Crippen LogP contribution >= 0.6 is 0 Å². The van der Waals surface area contributed by atoms with Crippen molar-refractivity contribution < 1.29 is 24.2 Å². The van der Waals surface area contributed by atoms with Gasteiger partial charge in [-0.15, -0.1) is 0 Å². The van der Waals surface area contributed by atoms with E-state index < -0.39 is 5.97 Å². The van der Waals surface area contributed by atoms with E-state index in [0.717, 1.165) is 32.1 Å². The average molecular weight is 431 g/mol. The molecule has 0 spiro atoms. The lowest BCUT2D eigenvalue weighted by atomic mass is 9.45. The molecule has 5 heteroatoms. The number of rotatable bonds is 5. The lowest BCUT2D eigenvalue weighted by Gasteiger charge is -2.60. The number of ether oxygens (including phenoxy) is 1. The third kappa shape index (κ3) is 3.76. The highest BCUT2D eigenvalue weighted by molar-refractivity contribution is 5.91. The van der Waals surface area contributed by atoms with Crippen molar-refractivity contribution in [3.63, 3.8) is 0 Å². The van der Waals surface area contributed by atoms with Crippen LogP contribution in [0, 0.1) is 40.4 Å². The fourth-order valence-corrected chi connectivity index (χ4v) is 8.50. The number of hydrogen-bond donors (Lipinski definition) is 1. The minimum absolute atomic E-state index is 0.0642. The van der Waals surface area contributed by atoms with E-state index in [-0.39, 0.29) is 41.0 Å². The maximum absolute atomic E-state index is 12.1. The lowest BCUT2D eigenvalue weighted by Crippen LogP contribution is -2.57. The van der Waals surface area contributed by atoms with E-state index in [1.165, 1.54) is 18.9 Å². The third-order valence-electron chi connectivity index (χ3n) is 9.76. The number of esters is 1. The van der Waals surface area contributed by atoms with E-state index in [0.29, 0.717) is 36.5 Å². The van der Waals surface area contributed by atoms with E-state index in [1.54, 1.807) is 0 Å². The lowest BCUT2D eigenvalue weighted by molar-refractivity contribution is -0.177. The van der Waals surface area contributed by atoms with Gasteiger partial charge < -0.3 is 9.84 Å². The van der Waals surface area contributed by atoms with Crippen molar-refractivity contribution in [2.24, 2.45) is 40.4 Å². The van der Waals surface area contributed by atoms with Crippen LogP contribution in [-0.2, 0) is 19.1 Å². The van der Waals surface area contributed by atoms with Crippen LogP contribution in [0.4, 0.5) is 0 Å². The van der Waals surface area contributed by atoms with Gasteiger partial charge in [-0.2, -0.15) is 0 Å². The molecule has 8 atom stereocenters. The summed E-state index contributed by atoms with van der Waals surface area (Å²) in [5.41, 5.74) is 1.28. The molecule has 3 saturated carbocycles. The third-order valence-corrected chi connectivity index (χ3v) is 9.76. The molecule has 0 aromatic heterocycles. The maximum atomic E-state index is 12.1. The molecular formula is C26H38O5. The summed E-state index contributed by atoms with van der Waals surface area (Å²) in [5.74, 6) is 1.47. The predicted molar refractivity (Wildman–Crippen MR) is 117 cm³/mol. The molecule has 0 heterocycles. The minimum Gasteiger partial charge on any atom is -0.481 e. The molecule has 4 aliphatic rings. The summed E-state index contributed by atoms with van der Waals surface area (Å²) in [7, 11) is 0. The molecule has 0 radical (unpaired) electrons. The molecule has 172 valence electrons. The number of fused-ring (bicyclic) bond motifs is 5. The molecule has 0 aromatic carbocycles. The highest BCUT2D eigenvalue weighted by Crippen LogP contribution is 2.68. The van der Waals surface area contributed by atoms with Crippen LogP contribution in [0.25, 0.3) is 0 Å². The molecule has 1 N–H and O–H groups in total. The summed E-state index contributed by atoms with van der Waals surface area (Å²) < 4.78 is 6.06. The molecule has 4 rings (SSSR count). The van der Waals surface area contributed by atoms with Crippen LogP contribution in [0.3, 0.4) is 0 Å².